The van der Waals surface area contributed by atoms with Gasteiger partial charge in [-0.2, -0.15) is 0 Å². The maximum Gasteiger partial charge on any atom is 0.226 e. The minimum Gasteiger partial charge on any atom is -0.350 e. The monoisotopic (exact) mass is 177 g/mol. The van der Waals surface area contributed by atoms with Gasteiger partial charge in [-0.05, 0) is 50.4 Å². The van der Waals surface area contributed by atoms with E-state index in [1.54, 1.807) is 0 Å². The van der Waals surface area contributed by atoms with E-state index in [0.717, 1.165) is 11.8 Å². The third kappa shape index (κ3) is 0.628. The van der Waals surface area contributed by atoms with E-state index >= 15 is 0 Å². The Labute approximate surface area is 78.1 Å². The summed E-state index contributed by atoms with van der Waals surface area (Å²) in [6.07, 6.45) is 7.41. The van der Waals surface area contributed by atoms with Gasteiger partial charge in [0.1, 0.15) is 0 Å². The zero-order chi connectivity index (χ0) is 8.68. The van der Waals surface area contributed by atoms with E-state index in [2.05, 4.69) is 5.32 Å². The molecule has 0 radical (unpaired) electrons. The normalized spacial score (nSPS) is 59.4. The van der Waals surface area contributed by atoms with E-state index < -0.39 is 0 Å². The molecule has 6 rings (SSSR count). The van der Waals surface area contributed by atoms with Crippen molar-refractivity contribution < 1.29 is 4.79 Å². The van der Waals surface area contributed by atoms with Gasteiger partial charge in [-0.25, -0.2) is 0 Å². The van der Waals surface area contributed by atoms with Crippen LogP contribution in [0.2, 0.25) is 0 Å². The van der Waals surface area contributed by atoms with Gasteiger partial charge in [0, 0.05) is 11.0 Å². The standard InChI is InChI=1S/C11H15NO/c13-9(10-1-7(2-10)3-10)12-11-4-8(5-11)6-11/h7-8H,1-6H2,(H,12,13). The molecule has 0 atom stereocenters. The van der Waals surface area contributed by atoms with E-state index in [1.807, 2.05) is 0 Å². The number of nitrogens with one attached hydrogen (secondary N) is 1. The fourth-order valence-corrected chi connectivity index (χ4v) is 3.76. The van der Waals surface area contributed by atoms with Crippen molar-refractivity contribution in [2.45, 2.75) is 44.1 Å². The molecule has 0 spiro atoms. The molecule has 0 aromatic heterocycles. The number of rotatable bonds is 2. The van der Waals surface area contributed by atoms with Gasteiger partial charge in [-0.3, -0.25) is 4.79 Å². The minimum absolute atomic E-state index is 0.139. The molecule has 13 heavy (non-hydrogen) atoms. The lowest BCUT2D eigenvalue weighted by Gasteiger charge is -2.66. The summed E-state index contributed by atoms with van der Waals surface area (Å²) in [7, 11) is 0. The summed E-state index contributed by atoms with van der Waals surface area (Å²) in [4.78, 5) is 11.9. The Kier molecular flexibility index (Phi) is 0.879. The number of carbonyl (C=O) groups excluding carboxylic acids is 1. The summed E-state index contributed by atoms with van der Waals surface area (Å²) in [5.41, 5.74) is 0.442. The second kappa shape index (κ2) is 1.67. The van der Waals surface area contributed by atoms with Crippen LogP contribution in [-0.2, 0) is 4.79 Å². The van der Waals surface area contributed by atoms with Gasteiger partial charge >= 0.3 is 0 Å². The van der Waals surface area contributed by atoms with Crippen molar-refractivity contribution in [3.8, 4) is 0 Å². The fraction of sp³-hybridized carbons (Fsp3) is 0.909. The van der Waals surface area contributed by atoms with E-state index in [-0.39, 0.29) is 5.41 Å². The summed E-state index contributed by atoms with van der Waals surface area (Å²) in [5.74, 6) is 2.28. The van der Waals surface area contributed by atoms with Gasteiger partial charge in [0.25, 0.3) is 0 Å². The van der Waals surface area contributed by atoms with Crippen molar-refractivity contribution in [3.05, 3.63) is 0 Å². The van der Waals surface area contributed by atoms with Crippen molar-refractivity contribution in [1.29, 1.82) is 0 Å². The molecule has 0 heterocycles. The van der Waals surface area contributed by atoms with E-state index in [4.69, 9.17) is 0 Å². The second-order valence-corrected chi connectivity index (χ2v) is 5.97. The first-order valence-electron chi connectivity index (χ1n) is 5.52. The molecule has 6 saturated carbocycles. The number of carbonyl (C=O) groups is 1. The summed E-state index contributed by atoms with van der Waals surface area (Å²) in [5, 5.41) is 3.30. The van der Waals surface area contributed by atoms with Crippen LogP contribution in [0.4, 0.5) is 0 Å². The van der Waals surface area contributed by atoms with Gasteiger partial charge < -0.3 is 5.32 Å². The molecule has 1 N–H and O–H groups in total. The van der Waals surface area contributed by atoms with Crippen molar-refractivity contribution >= 4 is 5.91 Å². The molecule has 0 aliphatic heterocycles. The quantitative estimate of drug-likeness (QED) is 0.679. The summed E-state index contributed by atoms with van der Waals surface area (Å²) in [6, 6.07) is 0. The highest BCUT2D eigenvalue weighted by Crippen LogP contribution is 2.65. The predicted octanol–water partition coefficient (Wildman–Crippen LogP) is 1.46. The van der Waals surface area contributed by atoms with Crippen molar-refractivity contribution in [2.75, 3.05) is 0 Å². The molecule has 0 unspecified atom stereocenters. The zero-order valence-corrected chi connectivity index (χ0v) is 7.81. The van der Waals surface area contributed by atoms with Gasteiger partial charge in [0.2, 0.25) is 5.91 Å². The van der Waals surface area contributed by atoms with Crippen LogP contribution in [0.1, 0.15) is 38.5 Å². The number of amides is 1. The van der Waals surface area contributed by atoms with E-state index in [1.165, 1.54) is 38.5 Å². The van der Waals surface area contributed by atoms with Crippen LogP contribution in [0.3, 0.4) is 0 Å². The Morgan fingerprint density at radius 2 is 1.54 bits per heavy atom. The van der Waals surface area contributed by atoms with Crippen LogP contribution >= 0.6 is 0 Å². The first-order chi connectivity index (χ1) is 6.20. The van der Waals surface area contributed by atoms with Crippen LogP contribution in [0, 0.1) is 17.3 Å². The van der Waals surface area contributed by atoms with Gasteiger partial charge in [-0.15, -0.1) is 0 Å². The van der Waals surface area contributed by atoms with Crippen LogP contribution in [-0.4, -0.2) is 11.4 Å². The minimum atomic E-state index is 0.139. The molecule has 1 amide bonds. The molecule has 0 saturated heterocycles. The van der Waals surface area contributed by atoms with Crippen molar-refractivity contribution in [2.24, 2.45) is 17.3 Å². The van der Waals surface area contributed by atoms with Gasteiger partial charge in [-0.1, -0.05) is 0 Å². The highest BCUT2D eigenvalue weighted by atomic mass is 16.2. The van der Waals surface area contributed by atoms with Crippen LogP contribution < -0.4 is 5.32 Å². The maximum atomic E-state index is 11.9. The molecule has 6 fully saturated rings. The highest BCUT2D eigenvalue weighted by Gasteiger charge is 2.64. The highest BCUT2D eigenvalue weighted by molar-refractivity contribution is 5.86. The Bertz CT molecular complexity index is 275. The SMILES string of the molecule is O=C(NC12CC(C1)C2)C12CC(C1)C2. The lowest BCUT2D eigenvalue weighted by atomic mass is 9.43. The Morgan fingerprint density at radius 3 is 1.85 bits per heavy atom. The molecule has 4 bridgehead atoms. The molecule has 0 aromatic rings. The van der Waals surface area contributed by atoms with Crippen LogP contribution in [0.15, 0.2) is 0 Å². The summed E-state index contributed by atoms with van der Waals surface area (Å²) in [6.45, 7) is 0. The zero-order valence-electron chi connectivity index (χ0n) is 7.81. The third-order valence-electron chi connectivity index (χ3n) is 4.94. The molecule has 2 heteroatoms. The molecule has 2 nitrogen and oxygen atoms in total. The Balaban J connectivity index is 1.47. The van der Waals surface area contributed by atoms with Gasteiger partial charge in [0.05, 0.1) is 0 Å². The fourth-order valence-electron chi connectivity index (χ4n) is 3.76. The summed E-state index contributed by atoms with van der Waals surface area (Å²) < 4.78 is 0. The second-order valence-electron chi connectivity index (χ2n) is 5.97. The molecule has 0 aromatic carbocycles. The van der Waals surface area contributed by atoms with Crippen molar-refractivity contribution in [3.63, 3.8) is 0 Å². The Morgan fingerprint density at radius 1 is 1.00 bits per heavy atom. The average Bonchev–Trinajstić information content (AvgIpc) is 1.66. The summed E-state index contributed by atoms with van der Waals surface area (Å²) >= 11 is 0. The number of hydrogen-bond acceptors (Lipinski definition) is 1. The van der Waals surface area contributed by atoms with Crippen LogP contribution in [0.25, 0.3) is 0 Å². The molecular formula is C11H15NO. The lowest BCUT2D eigenvalue weighted by Crippen LogP contribution is -2.72. The number of hydrogen-bond donors (Lipinski definition) is 1. The van der Waals surface area contributed by atoms with Gasteiger partial charge in [0.15, 0.2) is 0 Å². The first kappa shape index (κ1) is 6.86. The Hall–Kier alpha value is -0.530. The lowest BCUT2D eigenvalue weighted by molar-refractivity contribution is -0.174. The third-order valence-corrected chi connectivity index (χ3v) is 4.94. The topological polar surface area (TPSA) is 29.1 Å². The van der Waals surface area contributed by atoms with Crippen LogP contribution in [0.5, 0.6) is 0 Å². The largest absolute Gasteiger partial charge is 0.350 e. The molecule has 6 aliphatic carbocycles. The van der Waals surface area contributed by atoms with E-state index in [0.29, 0.717) is 11.4 Å². The van der Waals surface area contributed by atoms with E-state index in [9.17, 15) is 4.79 Å². The molecular weight excluding hydrogens is 162 g/mol. The molecule has 70 valence electrons. The molecule has 6 aliphatic rings. The average molecular weight is 177 g/mol. The predicted molar refractivity (Wildman–Crippen MR) is 48.0 cm³/mol. The maximum absolute atomic E-state index is 11.9. The smallest absolute Gasteiger partial charge is 0.226 e. The van der Waals surface area contributed by atoms with Crippen molar-refractivity contribution in [1.82, 2.24) is 5.32 Å². The first-order valence-corrected chi connectivity index (χ1v) is 5.52.